The Labute approximate surface area is 107 Å². The molecule has 0 aromatic carbocycles. The van der Waals surface area contributed by atoms with Crippen molar-refractivity contribution < 1.29 is 4.74 Å². The third-order valence-electron chi connectivity index (χ3n) is 3.92. The lowest BCUT2D eigenvalue weighted by molar-refractivity contribution is 0.0796. The zero-order chi connectivity index (χ0) is 12.7. The van der Waals surface area contributed by atoms with Gasteiger partial charge in [-0.25, -0.2) is 0 Å². The molecule has 17 heavy (non-hydrogen) atoms. The molecule has 1 N–H and O–H groups in total. The van der Waals surface area contributed by atoms with Gasteiger partial charge in [-0.05, 0) is 32.1 Å². The molecule has 1 aliphatic rings. The first-order valence-corrected chi connectivity index (χ1v) is 7.17. The van der Waals surface area contributed by atoms with Gasteiger partial charge in [-0.2, -0.15) is 0 Å². The molecule has 1 rings (SSSR count). The summed E-state index contributed by atoms with van der Waals surface area (Å²) in [5.41, 5.74) is 0. The quantitative estimate of drug-likeness (QED) is 0.691. The summed E-state index contributed by atoms with van der Waals surface area (Å²) >= 11 is 0. The Hall–Kier alpha value is -0.120. The van der Waals surface area contributed by atoms with E-state index in [-0.39, 0.29) is 0 Å². The van der Waals surface area contributed by atoms with E-state index >= 15 is 0 Å². The van der Waals surface area contributed by atoms with Gasteiger partial charge in [-0.3, -0.25) is 4.90 Å². The molecule has 1 saturated heterocycles. The highest BCUT2D eigenvalue weighted by molar-refractivity contribution is 4.82. The van der Waals surface area contributed by atoms with Crippen molar-refractivity contribution in [2.45, 2.75) is 40.2 Å². The summed E-state index contributed by atoms with van der Waals surface area (Å²) < 4.78 is 5.30. The highest BCUT2D eigenvalue weighted by atomic mass is 16.5. The van der Waals surface area contributed by atoms with Gasteiger partial charge in [0.25, 0.3) is 0 Å². The fourth-order valence-corrected chi connectivity index (χ4v) is 2.76. The summed E-state index contributed by atoms with van der Waals surface area (Å²) in [5.74, 6) is 1.69. The lowest BCUT2D eigenvalue weighted by atomic mass is 9.86. The van der Waals surface area contributed by atoms with Crippen LogP contribution in [0.2, 0.25) is 0 Å². The van der Waals surface area contributed by atoms with Crippen molar-refractivity contribution in [1.82, 2.24) is 10.2 Å². The Kier molecular flexibility index (Phi) is 7.09. The van der Waals surface area contributed by atoms with Gasteiger partial charge in [0.15, 0.2) is 0 Å². The maximum Gasteiger partial charge on any atom is 0.0590 e. The van der Waals surface area contributed by atoms with Gasteiger partial charge in [0.2, 0.25) is 0 Å². The number of nitrogens with zero attached hydrogens (tertiary/aromatic N) is 1. The Morgan fingerprint density at radius 2 is 2.00 bits per heavy atom. The van der Waals surface area contributed by atoms with Gasteiger partial charge in [-0.1, -0.05) is 13.8 Å². The fourth-order valence-electron chi connectivity index (χ4n) is 2.76. The number of ether oxygens (including phenoxy) is 1. The second-order valence-electron chi connectivity index (χ2n) is 5.50. The van der Waals surface area contributed by atoms with Crippen molar-refractivity contribution in [3.63, 3.8) is 0 Å². The van der Waals surface area contributed by atoms with Crippen LogP contribution in [0.1, 0.15) is 34.1 Å². The van der Waals surface area contributed by atoms with Crippen molar-refractivity contribution in [3.8, 4) is 0 Å². The summed E-state index contributed by atoms with van der Waals surface area (Å²) in [6.07, 6.45) is 1.38. The molecule has 0 aromatic heterocycles. The lowest BCUT2D eigenvalue weighted by Crippen LogP contribution is -2.48. The average molecular weight is 242 g/mol. The maximum absolute atomic E-state index is 5.30. The first-order chi connectivity index (χ1) is 8.15. The smallest absolute Gasteiger partial charge is 0.0590 e. The molecule has 102 valence electrons. The number of likely N-dealkylation sites (tertiary alicyclic amines) is 1. The van der Waals surface area contributed by atoms with E-state index in [4.69, 9.17) is 4.74 Å². The van der Waals surface area contributed by atoms with E-state index in [0.717, 1.165) is 44.2 Å². The van der Waals surface area contributed by atoms with Crippen LogP contribution in [0.15, 0.2) is 0 Å². The molecule has 3 unspecified atom stereocenters. The lowest BCUT2D eigenvalue weighted by Gasteiger charge is -2.41. The van der Waals surface area contributed by atoms with Crippen molar-refractivity contribution in [2.24, 2.45) is 11.8 Å². The van der Waals surface area contributed by atoms with E-state index in [2.05, 4.69) is 31.0 Å². The van der Waals surface area contributed by atoms with E-state index in [0.29, 0.717) is 0 Å². The van der Waals surface area contributed by atoms with Gasteiger partial charge in [0, 0.05) is 38.8 Å². The topological polar surface area (TPSA) is 24.5 Å². The fraction of sp³-hybridized carbons (Fsp3) is 1.00. The van der Waals surface area contributed by atoms with Gasteiger partial charge >= 0.3 is 0 Å². The summed E-state index contributed by atoms with van der Waals surface area (Å²) in [4.78, 5) is 2.63. The highest BCUT2D eigenvalue weighted by Gasteiger charge is 2.27. The number of nitrogens with one attached hydrogen (secondary N) is 1. The minimum absolute atomic E-state index is 0.736. The molecule has 0 radical (unpaired) electrons. The second kappa shape index (κ2) is 8.06. The van der Waals surface area contributed by atoms with Crippen molar-refractivity contribution in [3.05, 3.63) is 0 Å². The molecule has 0 aromatic rings. The molecule has 1 aliphatic heterocycles. The van der Waals surface area contributed by atoms with E-state index in [1.54, 1.807) is 0 Å². The molecule has 3 nitrogen and oxygen atoms in total. The molecular formula is C14H30N2O. The van der Waals surface area contributed by atoms with Crippen LogP contribution in [0.3, 0.4) is 0 Å². The maximum atomic E-state index is 5.30. The molecule has 1 heterocycles. The van der Waals surface area contributed by atoms with Gasteiger partial charge < -0.3 is 10.1 Å². The largest absolute Gasteiger partial charge is 0.380 e. The van der Waals surface area contributed by atoms with Crippen LogP contribution in [0.4, 0.5) is 0 Å². The Bertz CT molecular complexity index is 199. The van der Waals surface area contributed by atoms with Crippen LogP contribution in [0.5, 0.6) is 0 Å². The van der Waals surface area contributed by atoms with Crippen LogP contribution < -0.4 is 5.32 Å². The van der Waals surface area contributed by atoms with Crippen molar-refractivity contribution >= 4 is 0 Å². The van der Waals surface area contributed by atoms with Gasteiger partial charge in [0.1, 0.15) is 0 Å². The molecule has 1 fully saturated rings. The molecule has 3 heteroatoms. The molecule has 0 amide bonds. The normalized spacial score (nSPS) is 30.7. The number of hydrogen-bond acceptors (Lipinski definition) is 3. The van der Waals surface area contributed by atoms with Crippen LogP contribution in [0.25, 0.3) is 0 Å². The molecule has 0 saturated carbocycles. The zero-order valence-electron chi connectivity index (χ0n) is 12.0. The van der Waals surface area contributed by atoms with E-state index in [9.17, 15) is 0 Å². The molecular weight excluding hydrogens is 212 g/mol. The standard InChI is InChI=1S/C14H30N2O/c1-5-17-9-7-15-6-8-16-11-12(2)10-13(3)14(16)4/h12-15H,5-11H2,1-4H3. The Morgan fingerprint density at radius 1 is 1.24 bits per heavy atom. The average Bonchev–Trinajstić information content (AvgIpc) is 2.29. The third-order valence-corrected chi connectivity index (χ3v) is 3.92. The molecule has 0 aliphatic carbocycles. The predicted octanol–water partition coefficient (Wildman–Crippen LogP) is 1.98. The van der Waals surface area contributed by atoms with Crippen molar-refractivity contribution in [1.29, 1.82) is 0 Å². The highest BCUT2D eigenvalue weighted by Crippen LogP contribution is 2.26. The Morgan fingerprint density at radius 3 is 2.71 bits per heavy atom. The van der Waals surface area contributed by atoms with Crippen LogP contribution in [-0.4, -0.2) is 50.3 Å². The summed E-state index contributed by atoms with van der Waals surface area (Å²) in [5, 5.41) is 3.45. The summed E-state index contributed by atoms with van der Waals surface area (Å²) in [6, 6.07) is 0.736. The van der Waals surface area contributed by atoms with E-state index in [1.807, 2.05) is 6.92 Å². The predicted molar refractivity (Wildman–Crippen MR) is 73.3 cm³/mol. The number of rotatable bonds is 7. The zero-order valence-corrected chi connectivity index (χ0v) is 12.0. The Balaban J connectivity index is 2.12. The van der Waals surface area contributed by atoms with Gasteiger partial charge in [0.05, 0.1) is 6.61 Å². The second-order valence-corrected chi connectivity index (χ2v) is 5.50. The van der Waals surface area contributed by atoms with Crippen LogP contribution >= 0.6 is 0 Å². The molecule has 0 bridgehead atoms. The van der Waals surface area contributed by atoms with Crippen LogP contribution in [-0.2, 0) is 4.74 Å². The van der Waals surface area contributed by atoms with Gasteiger partial charge in [-0.15, -0.1) is 0 Å². The summed E-state index contributed by atoms with van der Waals surface area (Å²) in [7, 11) is 0. The monoisotopic (exact) mass is 242 g/mol. The first-order valence-electron chi connectivity index (χ1n) is 7.17. The first kappa shape index (κ1) is 14.9. The molecule has 0 spiro atoms. The summed E-state index contributed by atoms with van der Waals surface area (Å²) in [6.45, 7) is 15.3. The van der Waals surface area contributed by atoms with E-state index < -0.39 is 0 Å². The van der Waals surface area contributed by atoms with Crippen LogP contribution in [0, 0.1) is 11.8 Å². The third kappa shape index (κ3) is 5.36. The van der Waals surface area contributed by atoms with E-state index in [1.165, 1.54) is 19.5 Å². The molecule has 3 atom stereocenters. The number of piperidine rings is 1. The minimum Gasteiger partial charge on any atom is -0.380 e. The number of hydrogen-bond donors (Lipinski definition) is 1. The van der Waals surface area contributed by atoms with Crippen molar-refractivity contribution in [2.75, 3.05) is 39.4 Å². The minimum atomic E-state index is 0.736. The SMILES string of the molecule is CCOCCNCCN1CC(C)CC(C)C1C.